The fourth-order valence-corrected chi connectivity index (χ4v) is 3.27. The van der Waals surface area contributed by atoms with Crippen LogP contribution in [-0.2, 0) is 16.7 Å². The lowest BCUT2D eigenvalue weighted by molar-refractivity contribution is -0.652. The highest BCUT2D eigenvalue weighted by Crippen LogP contribution is 2.23. The van der Waals surface area contributed by atoms with Crippen molar-refractivity contribution in [2.75, 3.05) is 11.6 Å². The molecule has 4 N–H and O–H groups in total. The summed E-state index contributed by atoms with van der Waals surface area (Å²) in [4.78, 5) is 20.7. The number of ketones is 1. The number of Topliss-reactive ketones (excluding diaryl/α,β-unsaturated/α-hetero) is 1. The molecule has 0 aliphatic heterocycles. The lowest BCUT2D eigenvalue weighted by atomic mass is 10.1. The molecular formula is C18H19ClN6O6S. The van der Waals surface area contributed by atoms with Crippen molar-refractivity contribution in [1.29, 1.82) is 0 Å². The minimum atomic E-state index is -4.77. The molecule has 0 unspecified atom stereocenters. The number of anilines is 1. The number of carbonyl (C=O) groups excluding carboxylic acids is 1. The molecule has 1 heterocycles. The Hall–Kier alpha value is -3.55. The Morgan fingerprint density at radius 3 is 2.28 bits per heavy atom. The number of benzene rings is 2. The Kier molecular flexibility index (Phi) is 7.51. The predicted molar refractivity (Wildman–Crippen MR) is 113 cm³/mol. The van der Waals surface area contributed by atoms with Crippen LogP contribution in [-0.4, -0.2) is 33.5 Å². The van der Waals surface area contributed by atoms with Gasteiger partial charge in [-0.1, -0.05) is 11.6 Å². The molecule has 0 saturated heterocycles. The van der Waals surface area contributed by atoms with Crippen molar-refractivity contribution in [2.45, 2.75) is 25.3 Å². The van der Waals surface area contributed by atoms with Gasteiger partial charge in [0, 0.05) is 47.4 Å². The monoisotopic (exact) mass is 482 g/mol. The van der Waals surface area contributed by atoms with E-state index in [0.717, 1.165) is 18.0 Å². The third-order valence-electron chi connectivity index (χ3n) is 4.27. The zero-order chi connectivity index (χ0) is 24.2. The molecule has 0 aliphatic rings. The number of aromatic nitrogens is 3. The van der Waals surface area contributed by atoms with Crippen molar-refractivity contribution in [2.24, 2.45) is 0 Å². The predicted octanol–water partition coefficient (Wildman–Crippen LogP) is 1.12. The van der Waals surface area contributed by atoms with Gasteiger partial charge in [0.1, 0.15) is 10.1 Å². The molecule has 0 aliphatic carbocycles. The number of hydrogen-bond acceptors (Lipinski definition) is 9. The van der Waals surface area contributed by atoms with Crippen molar-refractivity contribution in [3.05, 3.63) is 74.8 Å². The number of nitrogens with zero attached hydrogens (tertiary/aromatic N) is 4. The summed E-state index contributed by atoms with van der Waals surface area (Å²) in [5.41, 5.74) is 4.99. The highest BCUT2D eigenvalue weighted by molar-refractivity contribution is 7.86. The number of nitrogens with two attached hydrogens (primary N) is 2. The SMILES string of the molecule is Cc1nn(CC(=O)c2ccc(Cl)cc2)c(C)[n+]1N.Nc1ccc([N+](=O)[O-])cc1S(=O)(=O)[O-]. The second-order valence-corrected chi connectivity index (χ2v) is 8.27. The van der Waals surface area contributed by atoms with Crippen molar-refractivity contribution in [3.8, 4) is 0 Å². The standard InChI is InChI=1S/C12H14ClN4O.C6H6N2O5S/c1-8-15-16(9(2)17(8)14)7-12(18)10-3-5-11(13)6-4-10;7-5-2-1-4(8(9)10)3-6(5)14(11,12)13/h3-6H,7,14H2,1-2H3;1-3H,7H2,(H,11,12,13)/q+1;/p-1. The summed E-state index contributed by atoms with van der Waals surface area (Å²) in [5, 5.41) is 15.1. The van der Waals surface area contributed by atoms with Crippen LogP contribution in [0.2, 0.25) is 5.02 Å². The lowest BCUT2D eigenvalue weighted by Gasteiger charge is -2.08. The van der Waals surface area contributed by atoms with Gasteiger partial charge in [0.15, 0.2) is 12.3 Å². The molecule has 0 spiro atoms. The highest BCUT2D eigenvalue weighted by atomic mass is 35.5. The summed E-state index contributed by atoms with van der Waals surface area (Å²) >= 11 is 5.78. The lowest BCUT2D eigenvalue weighted by Crippen LogP contribution is -2.48. The minimum absolute atomic E-state index is 0.0298. The van der Waals surface area contributed by atoms with Crippen LogP contribution in [0, 0.1) is 24.0 Å². The molecule has 2 aromatic carbocycles. The first kappa shape index (κ1) is 24.7. The van der Waals surface area contributed by atoms with Gasteiger partial charge in [-0.25, -0.2) is 8.42 Å². The zero-order valence-corrected chi connectivity index (χ0v) is 18.5. The molecule has 0 amide bonds. The van der Waals surface area contributed by atoms with Crippen LogP contribution in [0.1, 0.15) is 22.0 Å². The molecule has 12 nitrogen and oxygen atoms in total. The first-order valence-electron chi connectivity index (χ1n) is 8.81. The Balaban J connectivity index is 0.000000235. The Labute approximate surface area is 187 Å². The van der Waals surface area contributed by atoms with Gasteiger partial charge >= 0.3 is 0 Å². The summed E-state index contributed by atoms with van der Waals surface area (Å²) in [6, 6.07) is 9.45. The number of nitro groups is 1. The van der Waals surface area contributed by atoms with Crippen LogP contribution >= 0.6 is 11.6 Å². The van der Waals surface area contributed by atoms with E-state index in [9.17, 15) is 27.9 Å². The second-order valence-electron chi connectivity index (χ2n) is 6.49. The van der Waals surface area contributed by atoms with E-state index in [-0.39, 0.29) is 18.0 Å². The van der Waals surface area contributed by atoms with Crippen molar-refractivity contribution >= 4 is 38.9 Å². The van der Waals surface area contributed by atoms with Gasteiger partial charge in [0.05, 0.1) is 9.82 Å². The van der Waals surface area contributed by atoms with Crippen LogP contribution in [0.5, 0.6) is 0 Å². The fourth-order valence-electron chi connectivity index (χ4n) is 2.52. The third-order valence-corrected chi connectivity index (χ3v) is 5.42. The van der Waals surface area contributed by atoms with Crippen molar-refractivity contribution < 1.29 is 27.4 Å². The molecule has 0 radical (unpaired) electrons. The van der Waals surface area contributed by atoms with E-state index < -0.39 is 25.6 Å². The van der Waals surface area contributed by atoms with Gasteiger partial charge in [-0.2, -0.15) is 0 Å². The van der Waals surface area contributed by atoms with Gasteiger partial charge < -0.3 is 10.3 Å². The van der Waals surface area contributed by atoms with Gasteiger partial charge in [0.25, 0.3) is 17.3 Å². The van der Waals surface area contributed by atoms with E-state index in [0.29, 0.717) is 22.5 Å². The summed E-state index contributed by atoms with van der Waals surface area (Å²) < 4.78 is 34.8. The third kappa shape index (κ3) is 6.00. The van der Waals surface area contributed by atoms with E-state index in [4.69, 9.17) is 23.2 Å². The van der Waals surface area contributed by atoms with Gasteiger partial charge in [-0.15, -0.1) is 9.36 Å². The van der Waals surface area contributed by atoms with Crippen LogP contribution in [0.3, 0.4) is 0 Å². The smallest absolute Gasteiger partial charge is 0.295 e. The first-order chi connectivity index (χ1) is 14.8. The number of hydrogen-bond donors (Lipinski definition) is 2. The number of rotatable bonds is 5. The molecule has 0 bridgehead atoms. The molecule has 3 aromatic rings. The molecule has 1 aromatic heterocycles. The maximum absolute atomic E-state index is 12.0. The van der Waals surface area contributed by atoms with Crippen molar-refractivity contribution in [3.63, 3.8) is 0 Å². The van der Waals surface area contributed by atoms with Crippen LogP contribution in [0.15, 0.2) is 47.4 Å². The number of non-ortho nitro benzene ring substituents is 1. The maximum Gasteiger partial charge on any atom is 0.295 e. The number of nitrogen functional groups attached to an aromatic ring is 2. The number of aryl methyl sites for hydroxylation is 1. The van der Waals surface area contributed by atoms with E-state index >= 15 is 0 Å². The largest absolute Gasteiger partial charge is 0.744 e. The average molecular weight is 483 g/mol. The summed E-state index contributed by atoms with van der Waals surface area (Å²) in [5.74, 6) is 7.11. The van der Waals surface area contributed by atoms with E-state index in [1.807, 2.05) is 6.92 Å². The quantitative estimate of drug-likeness (QED) is 0.102. The number of halogens is 1. The Bertz CT molecular complexity index is 1270. The molecule has 32 heavy (non-hydrogen) atoms. The molecule has 0 atom stereocenters. The highest BCUT2D eigenvalue weighted by Gasteiger charge is 2.20. The Morgan fingerprint density at radius 1 is 1.22 bits per heavy atom. The van der Waals surface area contributed by atoms with Crippen LogP contribution in [0.4, 0.5) is 11.4 Å². The van der Waals surface area contributed by atoms with Gasteiger partial charge in [-0.05, 0) is 30.3 Å². The van der Waals surface area contributed by atoms with E-state index in [1.165, 1.54) is 4.68 Å². The van der Waals surface area contributed by atoms with E-state index in [2.05, 4.69) is 5.10 Å². The molecule has 14 heteroatoms. The molecule has 170 valence electrons. The molecule has 3 rings (SSSR count). The van der Waals surface area contributed by atoms with Crippen LogP contribution in [0.25, 0.3) is 0 Å². The summed E-state index contributed by atoms with van der Waals surface area (Å²) in [7, 11) is -4.77. The molecule has 0 fully saturated rings. The first-order valence-corrected chi connectivity index (χ1v) is 10.6. The fraction of sp³-hybridized carbons (Fsp3) is 0.167. The Morgan fingerprint density at radius 2 is 1.81 bits per heavy atom. The molecular weight excluding hydrogens is 464 g/mol. The average Bonchev–Trinajstić information content (AvgIpc) is 2.95. The molecule has 0 saturated carbocycles. The minimum Gasteiger partial charge on any atom is -0.744 e. The summed E-state index contributed by atoms with van der Waals surface area (Å²) in [6.07, 6.45) is 0. The normalized spacial score (nSPS) is 10.9. The second kappa shape index (κ2) is 9.72. The van der Waals surface area contributed by atoms with Crippen LogP contribution < -0.4 is 16.3 Å². The zero-order valence-electron chi connectivity index (χ0n) is 16.9. The van der Waals surface area contributed by atoms with Crippen molar-refractivity contribution in [1.82, 2.24) is 9.78 Å². The topological polar surface area (TPSA) is 191 Å². The number of carbonyl (C=O) groups is 1. The summed E-state index contributed by atoms with van der Waals surface area (Å²) in [6.45, 7) is 3.77. The van der Waals surface area contributed by atoms with Gasteiger partial charge in [-0.3, -0.25) is 20.8 Å². The maximum atomic E-state index is 12.0. The van der Waals surface area contributed by atoms with E-state index in [1.54, 1.807) is 35.9 Å². The number of nitro benzene ring substituents is 1. The van der Waals surface area contributed by atoms with Gasteiger partial charge in [0.2, 0.25) is 0 Å².